The molecule has 0 spiro atoms. The van der Waals surface area contributed by atoms with E-state index in [2.05, 4.69) is 66.1 Å². The number of hydrogen-bond acceptors (Lipinski definition) is 9. The van der Waals surface area contributed by atoms with Crippen LogP contribution < -0.4 is 14.4 Å². The molecule has 1 N–H and O–H groups in total. The number of ether oxygens (including phenoxy) is 1. The second kappa shape index (κ2) is 14.3. The number of rotatable bonds is 7. The third kappa shape index (κ3) is 9.15. The Bertz CT molecular complexity index is 1950. The van der Waals surface area contributed by atoms with Gasteiger partial charge in [0.25, 0.3) is 15.9 Å². The maximum atomic E-state index is 14.5. The van der Waals surface area contributed by atoms with Crippen molar-refractivity contribution in [3.63, 3.8) is 0 Å². The summed E-state index contributed by atoms with van der Waals surface area (Å²) in [6, 6.07) is 13.3. The van der Waals surface area contributed by atoms with E-state index in [1.807, 2.05) is 39.1 Å². The molecule has 1 amide bonds. The Balaban J connectivity index is 1.63. The fraction of sp³-hybridized carbons (Fsp3) is 0.447. The zero-order chi connectivity index (χ0) is 36.4. The molecule has 0 saturated carbocycles. The largest absolute Gasteiger partial charge is 0.475 e. The molecule has 1 atom stereocenters. The third-order valence-electron chi connectivity index (χ3n) is 8.52. The number of aromatic nitrogens is 4. The van der Waals surface area contributed by atoms with Crippen LogP contribution in [0.3, 0.4) is 0 Å². The molecule has 11 nitrogen and oxygen atoms in total. The molecule has 2 aromatic carbocycles. The van der Waals surface area contributed by atoms with Crippen LogP contribution in [-0.4, -0.2) is 65.4 Å². The minimum atomic E-state index is -4.18. The Hall–Kier alpha value is -4.58. The van der Waals surface area contributed by atoms with Gasteiger partial charge >= 0.3 is 0 Å². The predicted octanol–water partition coefficient (Wildman–Crippen LogP) is 7.06. The summed E-state index contributed by atoms with van der Waals surface area (Å²) >= 11 is 0. The van der Waals surface area contributed by atoms with E-state index in [9.17, 15) is 13.2 Å². The van der Waals surface area contributed by atoms with E-state index in [-0.39, 0.29) is 52.2 Å². The first-order valence-corrected chi connectivity index (χ1v) is 18.4. The highest BCUT2D eigenvalue weighted by Crippen LogP contribution is 2.31. The summed E-state index contributed by atoms with van der Waals surface area (Å²) in [5.74, 6) is 0.434. The van der Waals surface area contributed by atoms with Crippen molar-refractivity contribution in [1.82, 2.24) is 24.8 Å². The Morgan fingerprint density at radius 2 is 1.64 bits per heavy atom. The smallest absolute Gasteiger partial charge is 0.264 e. The monoisotopic (exact) mass is 699 g/mol. The molecule has 0 radical (unpaired) electrons. The van der Waals surface area contributed by atoms with Crippen molar-refractivity contribution in [3.05, 3.63) is 83.3 Å². The minimum absolute atomic E-state index is 0.0270. The molecule has 4 bridgehead atoms. The molecule has 0 fully saturated rings. The molecule has 0 aliphatic carbocycles. The molecule has 50 heavy (non-hydrogen) atoms. The van der Waals surface area contributed by atoms with Gasteiger partial charge in [0.2, 0.25) is 11.8 Å². The fourth-order valence-electron chi connectivity index (χ4n) is 6.13. The zero-order valence-electron chi connectivity index (χ0n) is 30.6. The molecule has 266 valence electrons. The van der Waals surface area contributed by atoms with Crippen LogP contribution in [-0.2, 0) is 16.6 Å². The lowest BCUT2D eigenvalue weighted by Gasteiger charge is -2.34. The summed E-state index contributed by atoms with van der Waals surface area (Å²) in [6.07, 6.45) is 4.80. The summed E-state index contributed by atoms with van der Waals surface area (Å²) in [5.41, 5.74) is 4.18. The molecular weight excluding hydrogens is 651 g/mol. The summed E-state index contributed by atoms with van der Waals surface area (Å²) < 4.78 is 36.4. The van der Waals surface area contributed by atoms with Gasteiger partial charge in [0.05, 0.1) is 41.3 Å². The van der Waals surface area contributed by atoms with Gasteiger partial charge in [0.1, 0.15) is 12.4 Å². The van der Waals surface area contributed by atoms with Crippen LogP contribution in [0.4, 0.5) is 11.8 Å². The second-order valence-corrected chi connectivity index (χ2v) is 17.3. The molecule has 0 saturated heterocycles. The molecule has 2 aromatic heterocycles. The van der Waals surface area contributed by atoms with Gasteiger partial charge in [-0.2, -0.15) is 4.98 Å². The van der Waals surface area contributed by atoms with Crippen molar-refractivity contribution in [2.45, 2.75) is 85.7 Å². The molecule has 1 aliphatic heterocycles. The lowest BCUT2D eigenvalue weighted by Crippen LogP contribution is -2.44. The topological polar surface area (TPSA) is 131 Å². The van der Waals surface area contributed by atoms with E-state index in [1.54, 1.807) is 35.5 Å². The molecular formula is C38H49N7O4S. The fourth-order valence-corrected chi connectivity index (χ4v) is 7.12. The van der Waals surface area contributed by atoms with E-state index >= 15 is 0 Å². The van der Waals surface area contributed by atoms with Crippen molar-refractivity contribution in [2.75, 3.05) is 29.8 Å². The quantitative estimate of drug-likeness (QED) is 0.215. The molecule has 5 rings (SSSR count). The predicted molar refractivity (Wildman–Crippen MR) is 197 cm³/mol. The second-order valence-electron chi connectivity index (χ2n) is 15.6. The molecule has 0 unspecified atom stereocenters. The Labute approximate surface area is 296 Å². The van der Waals surface area contributed by atoms with Gasteiger partial charge in [0, 0.05) is 30.8 Å². The van der Waals surface area contributed by atoms with Crippen LogP contribution in [0.1, 0.15) is 81.6 Å². The number of carbonyl (C=O) groups is 1. The number of carbonyl (C=O) groups excluding carboxylic acids is 1. The van der Waals surface area contributed by atoms with Gasteiger partial charge in [-0.05, 0) is 66.8 Å². The van der Waals surface area contributed by atoms with Crippen molar-refractivity contribution in [1.29, 1.82) is 0 Å². The summed E-state index contributed by atoms with van der Waals surface area (Å²) in [4.78, 5) is 36.8. The SMILES string of the molecule is Cc1cccc(C)c1-c1cc2nc(n1)NS(=O)(=O)c1cccc(c1)C(=O)N(Cc1cncc(N(C)CC(C)(C)C)n1)[C@H](CCC(C)(C)C)CO2. The number of anilines is 2. The first-order chi connectivity index (χ1) is 23.4. The standard InChI is InChI=1S/C38H49N7O4S/c1-25-12-10-13-26(2)34(25)31-19-33-42-36(41-31)43-50(47,48)30-15-11-14-27(18-30)35(46)45(29(23-49-33)16-17-37(3,4)5)22-28-20-39-21-32(40-28)44(9)24-38(6,7)8/h10-15,18-21,29H,16-17,22-24H2,1-9H3,(H,41,42,43)/t29-/m1/s1. The van der Waals surface area contributed by atoms with Gasteiger partial charge < -0.3 is 14.5 Å². The number of nitrogens with one attached hydrogen (secondary N) is 1. The Morgan fingerprint density at radius 3 is 2.32 bits per heavy atom. The lowest BCUT2D eigenvalue weighted by atomic mass is 9.88. The van der Waals surface area contributed by atoms with E-state index in [0.717, 1.165) is 29.7 Å². The number of fused-ring (bicyclic) bond motifs is 4. The average molecular weight is 700 g/mol. The van der Waals surface area contributed by atoms with Crippen molar-refractivity contribution in [3.8, 4) is 17.1 Å². The van der Waals surface area contributed by atoms with Crippen molar-refractivity contribution >= 4 is 27.7 Å². The molecule has 4 aromatic rings. The lowest BCUT2D eigenvalue weighted by molar-refractivity contribution is 0.0549. The van der Waals surface area contributed by atoms with Gasteiger partial charge in [-0.15, -0.1) is 0 Å². The van der Waals surface area contributed by atoms with Crippen LogP contribution in [0.2, 0.25) is 0 Å². The normalized spacial score (nSPS) is 16.4. The van der Waals surface area contributed by atoms with Crippen LogP contribution in [0.15, 0.2) is 65.8 Å². The molecule has 1 aliphatic rings. The van der Waals surface area contributed by atoms with Crippen molar-refractivity contribution in [2.24, 2.45) is 10.8 Å². The molecule has 12 heteroatoms. The van der Waals surface area contributed by atoms with Gasteiger partial charge in [-0.25, -0.2) is 23.1 Å². The van der Waals surface area contributed by atoms with Crippen LogP contribution in [0.25, 0.3) is 11.3 Å². The van der Waals surface area contributed by atoms with E-state index in [0.29, 0.717) is 23.6 Å². The van der Waals surface area contributed by atoms with Crippen molar-refractivity contribution < 1.29 is 17.9 Å². The Morgan fingerprint density at radius 1 is 0.940 bits per heavy atom. The number of benzene rings is 2. The van der Waals surface area contributed by atoms with Gasteiger partial charge in [-0.1, -0.05) is 65.8 Å². The maximum Gasteiger partial charge on any atom is 0.264 e. The number of hydrogen-bond donors (Lipinski definition) is 1. The number of aryl methyl sites for hydroxylation is 2. The highest BCUT2D eigenvalue weighted by molar-refractivity contribution is 7.92. The summed E-state index contributed by atoms with van der Waals surface area (Å²) in [5, 5.41) is 0. The van der Waals surface area contributed by atoms with Crippen LogP contribution >= 0.6 is 0 Å². The number of sulfonamides is 1. The summed E-state index contributed by atoms with van der Waals surface area (Å²) in [6.45, 7) is 17.9. The first kappa shape index (κ1) is 36.7. The molecule has 3 heterocycles. The maximum absolute atomic E-state index is 14.5. The number of amides is 1. The van der Waals surface area contributed by atoms with E-state index in [4.69, 9.17) is 9.72 Å². The van der Waals surface area contributed by atoms with E-state index < -0.39 is 16.1 Å². The van der Waals surface area contributed by atoms with Crippen LogP contribution in [0.5, 0.6) is 5.88 Å². The highest BCUT2D eigenvalue weighted by atomic mass is 32.2. The minimum Gasteiger partial charge on any atom is -0.475 e. The highest BCUT2D eigenvalue weighted by Gasteiger charge is 2.30. The number of nitrogens with zero attached hydrogens (tertiary/aromatic N) is 6. The Kier molecular flexibility index (Phi) is 10.5. The first-order valence-electron chi connectivity index (χ1n) is 16.9. The van der Waals surface area contributed by atoms with E-state index in [1.165, 1.54) is 12.1 Å². The zero-order valence-corrected chi connectivity index (χ0v) is 31.4. The van der Waals surface area contributed by atoms with Gasteiger partial charge in [-0.3, -0.25) is 9.78 Å². The van der Waals surface area contributed by atoms with Gasteiger partial charge in [0.15, 0.2) is 0 Å². The van der Waals surface area contributed by atoms with Crippen LogP contribution in [0, 0.1) is 24.7 Å². The average Bonchev–Trinajstić information content (AvgIpc) is 3.02. The third-order valence-corrected chi connectivity index (χ3v) is 9.84. The summed E-state index contributed by atoms with van der Waals surface area (Å²) in [7, 11) is -2.20.